The molecule has 1 aromatic carbocycles. The molecule has 0 bridgehead atoms. The first-order chi connectivity index (χ1) is 10.1. The Labute approximate surface area is 134 Å². The van der Waals surface area contributed by atoms with E-state index >= 15 is 0 Å². The SMILES string of the molecule is CC(C)NCC(C)(CN1CCCSCC1)c1ccccc1. The van der Waals surface area contributed by atoms with E-state index in [-0.39, 0.29) is 5.41 Å². The van der Waals surface area contributed by atoms with Crippen molar-refractivity contribution < 1.29 is 0 Å². The fraction of sp³-hybridized carbons (Fsp3) is 0.667. The van der Waals surface area contributed by atoms with E-state index in [1.807, 2.05) is 0 Å². The molecule has 1 fully saturated rings. The molecule has 2 rings (SSSR count). The lowest BCUT2D eigenvalue weighted by molar-refractivity contribution is 0.221. The van der Waals surface area contributed by atoms with Gasteiger partial charge < -0.3 is 10.2 Å². The van der Waals surface area contributed by atoms with E-state index in [2.05, 4.69) is 73.1 Å². The van der Waals surface area contributed by atoms with Gasteiger partial charge in [0.05, 0.1) is 0 Å². The van der Waals surface area contributed by atoms with Crippen LogP contribution in [0.4, 0.5) is 0 Å². The minimum Gasteiger partial charge on any atom is -0.314 e. The number of thioether (sulfide) groups is 1. The van der Waals surface area contributed by atoms with Crippen LogP contribution in [0.5, 0.6) is 0 Å². The highest BCUT2D eigenvalue weighted by Gasteiger charge is 2.29. The van der Waals surface area contributed by atoms with Gasteiger partial charge in [-0.15, -0.1) is 0 Å². The van der Waals surface area contributed by atoms with Crippen molar-refractivity contribution in [3.8, 4) is 0 Å². The molecule has 1 aromatic rings. The van der Waals surface area contributed by atoms with E-state index in [0.717, 1.165) is 13.1 Å². The molecule has 2 nitrogen and oxygen atoms in total. The summed E-state index contributed by atoms with van der Waals surface area (Å²) in [6.07, 6.45) is 1.33. The van der Waals surface area contributed by atoms with Crippen LogP contribution in [-0.2, 0) is 5.41 Å². The van der Waals surface area contributed by atoms with E-state index in [9.17, 15) is 0 Å². The van der Waals surface area contributed by atoms with Gasteiger partial charge >= 0.3 is 0 Å². The van der Waals surface area contributed by atoms with Gasteiger partial charge in [-0.3, -0.25) is 0 Å². The molecule has 3 heteroatoms. The molecule has 1 N–H and O–H groups in total. The molecular weight excluding hydrogens is 276 g/mol. The fourth-order valence-corrected chi connectivity index (χ4v) is 3.89. The van der Waals surface area contributed by atoms with Gasteiger partial charge in [0, 0.05) is 36.8 Å². The number of rotatable bonds is 6. The van der Waals surface area contributed by atoms with Gasteiger partial charge in [0.1, 0.15) is 0 Å². The van der Waals surface area contributed by atoms with Crippen molar-refractivity contribution in [2.45, 2.75) is 38.6 Å². The third-order valence-electron chi connectivity index (χ3n) is 4.26. The zero-order valence-electron chi connectivity index (χ0n) is 13.8. The molecule has 0 saturated carbocycles. The Kier molecular flexibility index (Phi) is 6.59. The molecule has 1 unspecified atom stereocenters. The van der Waals surface area contributed by atoms with Crippen LogP contribution < -0.4 is 5.32 Å². The van der Waals surface area contributed by atoms with E-state index in [1.54, 1.807) is 0 Å². The second kappa shape index (κ2) is 8.21. The first-order valence-electron chi connectivity index (χ1n) is 8.19. The third kappa shape index (κ3) is 5.32. The quantitative estimate of drug-likeness (QED) is 0.867. The minimum absolute atomic E-state index is 0.181. The van der Waals surface area contributed by atoms with Crippen molar-refractivity contribution in [1.29, 1.82) is 0 Å². The van der Waals surface area contributed by atoms with Crippen molar-refractivity contribution in [1.82, 2.24) is 10.2 Å². The fourth-order valence-electron chi connectivity index (χ4n) is 2.97. The topological polar surface area (TPSA) is 15.3 Å². The standard InChI is InChI=1S/C18H30N2S/c1-16(2)19-14-18(3,17-8-5-4-6-9-17)15-20-10-7-12-21-13-11-20/h4-6,8-9,16,19H,7,10-15H2,1-3H3. The largest absolute Gasteiger partial charge is 0.314 e. The Bertz CT molecular complexity index is 399. The molecule has 0 aliphatic carbocycles. The maximum Gasteiger partial charge on any atom is 0.0177 e. The van der Waals surface area contributed by atoms with Crippen LogP contribution in [0, 0.1) is 0 Å². The smallest absolute Gasteiger partial charge is 0.0177 e. The molecule has 1 saturated heterocycles. The van der Waals surface area contributed by atoms with Crippen LogP contribution in [0.3, 0.4) is 0 Å². The lowest BCUT2D eigenvalue weighted by atomic mass is 9.81. The van der Waals surface area contributed by atoms with Gasteiger partial charge in [-0.25, -0.2) is 0 Å². The Hall–Kier alpha value is -0.510. The summed E-state index contributed by atoms with van der Waals surface area (Å²) in [5, 5.41) is 3.66. The monoisotopic (exact) mass is 306 g/mol. The van der Waals surface area contributed by atoms with Crippen molar-refractivity contribution in [2.75, 3.05) is 37.7 Å². The maximum atomic E-state index is 3.66. The van der Waals surface area contributed by atoms with Gasteiger partial charge in [0.2, 0.25) is 0 Å². The zero-order valence-corrected chi connectivity index (χ0v) is 14.6. The molecule has 0 amide bonds. The van der Waals surface area contributed by atoms with Gasteiger partial charge in [0.15, 0.2) is 0 Å². The Morgan fingerprint density at radius 2 is 1.95 bits per heavy atom. The lowest BCUT2D eigenvalue weighted by Crippen LogP contribution is -2.47. The van der Waals surface area contributed by atoms with E-state index < -0.39 is 0 Å². The number of nitrogens with zero attached hydrogens (tertiary/aromatic N) is 1. The van der Waals surface area contributed by atoms with Crippen LogP contribution in [0.25, 0.3) is 0 Å². The maximum absolute atomic E-state index is 3.66. The molecule has 1 aliphatic heterocycles. The summed E-state index contributed by atoms with van der Waals surface area (Å²) >= 11 is 2.10. The zero-order chi connectivity index (χ0) is 15.1. The molecule has 0 aromatic heterocycles. The van der Waals surface area contributed by atoms with Crippen LogP contribution in [0.1, 0.15) is 32.8 Å². The number of hydrogen-bond acceptors (Lipinski definition) is 3. The Morgan fingerprint density at radius 3 is 2.67 bits per heavy atom. The molecule has 1 atom stereocenters. The second-order valence-electron chi connectivity index (χ2n) is 6.70. The molecule has 1 heterocycles. The first kappa shape index (κ1) is 16.9. The average Bonchev–Trinajstić information content (AvgIpc) is 2.75. The van der Waals surface area contributed by atoms with Crippen molar-refractivity contribution in [2.24, 2.45) is 0 Å². The van der Waals surface area contributed by atoms with Crippen LogP contribution >= 0.6 is 11.8 Å². The Morgan fingerprint density at radius 1 is 1.19 bits per heavy atom. The molecule has 1 aliphatic rings. The second-order valence-corrected chi connectivity index (χ2v) is 7.93. The number of benzene rings is 1. The van der Waals surface area contributed by atoms with Crippen LogP contribution in [0.15, 0.2) is 30.3 Å². The van der Waals surface area contributed by atoms with Gasteiger partial charge in [-0.1, -0.05) is 51.1 Å². The van der Waals surface area contributed by atoms with Gasteiger partial charge in [-0.05, 0) is 24.3 Å². The van der Waals surface area contributed by atoms with E-state index in [0.29, 0.717) is 6.04 Å². The summed E-state index contributed by atoms with van der Waals surface area (Å²) in [7, 11) is 0. The third-order valence-corrected chi connectivity index (χ3v) is 5.31. The predicted molar refractivity (Wildman–Crippen MR) is 95.3 cm³/mol. The summed E-state index contributed by atoms with van der Waals surface area (Å²) in [4.78, 5) is 2.66. The molecule has 0 radical (unpaired) electrons. The lowest BCUT2D eigenvalue weighted by Gasteiger charge is -2.36. The van der Waals surface area contributed by atoms with Crippen LogP contribution in [-0.4, -0.2) is 48.6 Å². The van der Waals surface area contributed by atoms with Gasteiger partial charge in [0.25, 0.3) is 0 Å². The number of nitrogens with one attached hydrogen (secondary N) is 1. The van der Waals surface area contributed by atoms with Crippen molar-refractivity contribution in [3.05, 3.63) is 35.9 Å². The highest BCUT2D eigenvalue weighted by molar-refractivity contribution is 7.99. The van der Waals surface area contributed by atoms with Crippen molar-refractivity contribution >= 4 is 11.8 Å². The minimum atomic E-state index is 0.181. The summed E-state index contributed by atoms with van der Waals surface area (Å²) in [5.41, 5.74) is 1.63. The number of hydrogen-bond donors (Lipinski definition) is 1. The molecule has 21 heavy (non-hydrogen) atoms. The first-order valence-corrected chi connectivity index (χ1v) is 9.35. The van der Waals surface area contributed by atoms with Crippen LogP contribution in [0.2, 0.25) is 0 Å². The average molecular weight is 307 g/mol. The van der Waals surface area contributed by atoms with Gasteiger partial charge in [-0.2, -0.15) is 11.8 Å². The molecule has 118 valence electrons. The Balaban J connectivity index is 2.10. The normalized spacial score (nSPS) is 20.2. The molecular formula is C18H30N2S. The van der Waals surface area contributed by atoms with E-state index in [4.69, 9.17) is 0 Å². The van der Waals surface area contributed by atoms with Crippen molar-refractivity contribution in [3.63, 3.8) is 0 Å². The highest BCUT2D eigenvalue weighted by Crippen LogP contribution is 2.25. The predicted octanol–water partition coefficient (Wildman–Crippen LogP) is 3.38. The summed E-state index contributed by atoms with van der Waals surface area (Å²) < 4.78 is 0. The molecule has 0 spiro atoms. The summed E-state index contributed by atoms with van der Waals surface area (Å²) in [6.45, 7) is 11.5. The summed E-state index contributed by atoms with van der Waals surface area (Å²) in [6, 6.07) is 11.6. The highest BCUT2D eigenvalue weighted by atomic mass is 32.2. The summed E-state index contributed by atoms with van der Waals surface area (Å²) in [5.74, 6) is 2.60. The van der Waals surface area contributed by atoms with E-state index in [1.165, 1.54) is 36.6 Å².